The number of hydrogen-bond donors (Lipinski definition) is 3. The lowest BCUT2D eigenvalue weighted by molar-refractivity contribution is -0.139. The molecule has 0 spiro atoms. The topological polar surface area (TPSA) is 105 Å². The molecule has 120 valence electrons. The minimum atomic E-state index is -0.270. The predicted octanol–water partition coefficient (Wildman–Crippen LogP) is -1.14. The largest absolute Gasteiger partial charge is 0.355 e. The summed E-state index contributed by atoms with van der Waals surface area (Å²) in [6.45, 7) is 2.41. The highest BCUT2D eigenvalue weighted by Crippen LogP contribution is 2.20. The molecule has 2 rings (SSSR count). The molecule has 2 aliphatic rings. The second-order valence-electron chi connectivity index (χ2n) is 5.41. The first-order valence-corrected chi connectivity index (χ1v) is 7.15. The minimum Gasteiger partial charge on any atom is -0.355 e. The quantitative estimate of drug-likeness (QED) is 0.609. The monoisotopic (exact) mass is 318 g/mol. The Morgan fingerprint density at radius 2 is 2.14 bits per heavy atom. The zero-order chi connectivity index (χ0) is 14.5. The molecule has 0 aromatic rings. The number of nitrogens with one attached hydrogen (secondary N) is 2. The Morgan fingerprint density at radius 3 is 2.76 bits per heavy atom. The van der Waals surface area contributed by atoms with Gasteiger partial charge in [-0.1, -0.05) is 0 Å². The van der Waals surface area contributed by atoms with Crippen LogP contribution in [0.4, 0.5) is 0 Å². The zero-order valence-electron chi connectivity index (χ0n) is 12.0. The number of amides is 3. The van der Waals surface area contributed by atoms with Crippen molar-refractivity contribution in [1.82, 2.24) is 15.5 Å². The van der Waals surface area contributed by atoms with Crippen LogP contribution in [0.1, 0.15) is 19.3 Å². The lowest BCUT2D eigenvalue weighted by atomic mass is 9.95. The highest BCUT2D eigenvalue weighted by atomic mass is 35.5. The molecular formula is C13H23ClN4O3. The molecule has 3 amide bonds. The Bertz CT molecular complexity index is 405. The van der Waals surface area contributed by atoms with Gasteiger partial charge < -0.3 is 21.3 Å². The number of nitrogens with two attached hydrogens (primary N) is 1. The summed E-state index contributed by atoms with van der Waals surface area (Å²) in [5, 5.41) is 5.44. The number of likely N-dealkylation sites (tertiary alicyclic amines) is 1. The fraction of sp³-hybridized carbons (Fsp3) is 0.769. The molecule has 8 heteroatoms. The van der Waals surface area contributed by atoms with Gasteiger partial charge in [-0.3, -0.25) is 14.4 Å². The van der Waals surface area contributed by atoms with Crippen LogP contribution in [0.2, 0.25) is 0 Å². The Kier molecular flexibility index (Phi) is 6.91. The highest BCUT2D eigenvalue weighted by molar-refractivity contribution is 5.89. The van der Waals surface area contributed by atoms with E-state index in [1.54, 1.807) is 4.90 Å². The Balaban J connectivity index is 0.00000220. The standard InChI is InChI=1S/C13H22N4O3.ClH/c14-3-4-15-12(19)9-2-1-5-17(8-9)13(20)10-6-11(18)16-7-10;/h9-10H,1-8,14H2,(H,15,19)(H,16,18);1H. The number of carbonyl (C=O) groups excluding carboxylic acids is 3. The molecule has 2 unspecified atom stereocenters. The molecule has 0 saturated carbocycles. The van der Waals surface area contributed by atoms with Crippen molar-refractivity contribution in [3.63, 3.8) is 0 Å². The van der Waals surface area contributed by atoms with Crippen molar-refractivity contribution < 1.29 is 14.4 Å². The molecule has 2 aliphatic heterocycles. The number of rotatable bonds is 4. The summed E-state index contributed by atoms with van der Waals surface area (Å²) in [5.41, 5.74) is 5.36. The lowest BCUT2D eigenvalue weighted by Gasteiger charge is -2.33. The minimum absolute atomic E-state index is 0. The van der Waals surface area contributed by atoms with E-state index in [1.807, 2.05) is 0 Å². The van der Waals surface area contributed by atoms with Crippen LogP contribution in [0.25, 0.3) is 0 Å². The van der Waals surface area contributed by atoms with Crippen molar-refractivity contribution in [1.29, 1.82) is 0 Å². The summed E-state index contributed by atoms with van der Waals surface area (Å²) >= 11 is 0. The average Bonchev–Trinajstić information content (AvgIpc) is 2.90. The Labute approximate surface area is 130 Å². The molecule has 0 aromatic carbocycles. The Morgan fingerprint density at radius 1 is 1.38 bits per heavy atom. The molecule has 0 aromatic heterocycles. The molecule has 2 heterocycles. The van der Waals surface area contributed by atoms with Gasteiger partial charge in [0.25, 0.3) is 0 Å². The smallest absolute Gasteiger partial charge is 0.228 e. The van der Waals surface area contributed by atoms with Gasteiger partial charge in [0.1, 0.15) is 0 Å². The molecule has 0 radical (unpaired) electrons. The van der Waals surface area contributed by atoms with Gasteiger partial charge in [0.2, 0.25) is 17.7 Å². The van der Waals surface area contributed by atoms with Crippen LogP contribution < -0.4 is 16.4 Å². The van der Waals surface area contributed by atoms with E-state index in [-0.39, 0.29) is 48.4 Å². The van der Waals surface area contributed by atoms with Gasteiger partial charge in [-0.2, -0.15) is 0 Å². The fourth-order valence-electron chi connectivity index (χ4n) is 2.77. The van der Waals surface area contributed by atoms with E-state index < -0.39 is 0 Å². The third-order valence-electron chi connectivity index (χ3n) is 3.87. The van der Waals surface area contributed by atoms with Crippen molar-refractivity contribution in [2.24, 2.45) is 17.6 Å². The maximum atomic E-state index is 12.3. The summed E-state index contributed by atoms with van der Waals surface area (Å²) in [6.07, 6.45) is 1.88. The van der Waals surface area contributed by atoms with Crippen LogP contribution in [-0.4, -0.2) is 55.3 Å². The van der Waals surface area contributed by atoms with Gasteiger partial charge in [-0.05, 0) is 12.8 Å². The van der Waals surface area contributed by atoms with Crippen LogP contribution in [0, 0.1) is 11.8 Å². The van der Waals surface area contributed by atoms with Gasteiger partial charge in [-0.15, -0.1) is 12.4 Å². The third-order valence-corrected chi connectivity index (χ3v) is 3.87. The van der Waals surface area contributed by atoms with E-state index in [4.69, 9.17) is 5.73 Å². The van der Waals surface area contributed by atoms with Gasteiger partial charge in [0.15, 0.2) is 0 Å². The van der Waals surface area contributed by atoms with Crippen LogP contribution in [0.3, 0.4) is 0 Å². The molecule has 2 atom stereocenters. The number of piperidine rings is 1. The van der Waals surface area contributed by atoms with Crippen molar-refractivity contribution in [2.45, 2.75) is 19.3 Å². The highest BCUT2D eigenvalue weighted by Gasteiger charge is 2.34. The fourth-order valence-corrected chi connectivity index (χ4v) is 2.77. The summed E-state index contributed by atoms with van der Waals surface area (Å²) in [4.78, 5) is 37.1. The number of carbonyl (C=O) groups is 3. The van der Waals surface area contributed by atoms with Crippen LogP contribution in [-0.2, 0) is 14.4 Å². The third kappa shape index (κ3) is 4.57. The lowest BCUT2D eigenvalue weighted by Crippen LogP contribution is -2.48. The van der Waals surface area contributed by atoms with Crippen molar-refractivity contribution in [3.8, 4) is 0 Å². The van der Waals surface area contributed by atoms with Gasteiger partial charge >= 0.3 is 0 Å². The van der Waals surface area contributed by atoms with Crippen molar-refractivity contribution in [3.05, 3.63) is 0 Å². The number of halogens is 1. The normalized spacial score (nSPS) is 25.0. The van der Waals surface area contributed by atoms with E-state index in [9.17, 15) is 14.4 Å². The first-order chi connectivity index (χ1) is 9.61. The molecule has 0 aliphatic carbocycles. The van der Waals surface area contributed by atoms with Gasteiger partial charge in [-0.25, -0.2) is 0 Å². The van der Waals surface area contributed by atoms with E-state index in [1.165, 1.54) is 0 Å². The zero-order valence-corrected chi connectivity index (χ0v) is 12.8. The summed E-state index contributed by atoms with van der Waals surface area (Å²) in [6, 6.07) is 0. The molecule has 0 bridgehead atoms. The maximum Gasteiger partial charge on any atom is 0.228 e. The average molecular weight is 319 g/mol. The van der Waals surface area contributed by atoms with Gasteiger partial charge in [0, 0.05) is 39.1 Å². The summed E-state index contributed by atoms with van der Waals surface area (Å²) < 4.78 is 0. The van der Waals surface area contributed by atoms with Crippen LogP contribution >= 0.6 is 12.4 Å². The number of nitrogens with zero attached hydrogens (tertiary/aromatic N) is 1. The number of hydrogen-bond acceptors (Lipinski definition) is 4. The first-order valence-electron chi connectivity index (χ1n) is 7.15. The van der Waals surface area contributed by atoms with E-state index in [0.29, 0.717) is 32.7 Å². The van der Waals surface area contributed by atoms with Crippen molar-refractivity contribution in [2.75, 3.05) is 32.7 Å². The molecule has 4 N–H and O–H groups in total. The first kappa shape index (κ1) is 17.7. The SMILES string of the molecule is Cl.NCCNC(=O)C1CCCN(C(=O)C2CNC(=O)C2)C1. The van der Waals surface area contributed by atoms with Gasteiger partial charge in [0.05, 0.1) is 11.8 Å². The van der Waals surface area contributed by atoms with E-state index >= 15 is 0 Å². The maximum absolute atomic E-state index is 12.3. The van der Waals surface area contributed by atoms with E-state index in [0.717, 1.165) is 12.8 Å². The summed E-state index contributed by atoms with van der Waals surface area (Å²) in [7, 11) is 0. The summed E-state index contributed by atoms with van der Waals surface area (Å²) in [5.74, 6) is -0.552. The molecule has 2 fully saturated rings. The van der Waals surface area contributed by atoms with Crippen molar-refractivity contribution >= 4 is 30.1 Å². The Hall–Kier alpha value is -1.34. The molecule has 2 saturated heterocycles. The van der Waals surface area contributed by atoms with Crippen LogP contribution in [0.15, 0.2) is 0 Å². The molecule has 21 heavy (non-hydrogen) atoms. The second kappa shape index (κ2) is 8.19. The predicted molar refractivity (Wildman–Crippen MR) is 79.7 cm³/mol. The van der Waals surface area contributed by atoms with E-state index in [2.05, 4.69) is 10.6 Å². The molecule has 7 nitrogen and oxygen atoms in total. The second-order valence-corrected chi connectivity index (χ2v) is 5.41. The molecular weight excluding hydrogens is 296 g/mol. The van der Waals surface area contributed by atoms with Crippen LogP contribution in [0.5, 0.6) is 0 Å².